The molecule has 1 aromatic heterocycles. The van der Waals surface area contributed by atoms with Crippen LogP contribution in [0.1, 0.15) is 0 Å². The van der Waals surface area contributed by atoms with E-state index in [0.717, 1.165) is 10.9 Å². The minimum atomic E-state index is -1.53. The highest BCUT2D eigenvalue weighted by molar-refractivity contribution is 9.10. The molecule has 2 aromatic rings. The number of aromatic nitrogens is 1. The Morgan fingerprint density at radius 2 is 2.09 bits per heavy atom. The highest BCUT2D eigenvalue weighted by atomic mass is 79.9. The molecule has 0 spiro atoms. The Morgan fingerprint density at radius 3 is 2.74 bits per heavy atom. The average Bonchev–Trinajstić information content (AvgIpc) is 2.94. The van der Waals surface area contributed by atoms with Gasteiger partial charge in [0.25, 0.3) is 0 Å². The van der Waals surface area contributed by atoms with E-state index in [4.69, 9.17) is 21.3 Å². The Bertz CT molecular complexity index is 651. The largest absolute Gasteiger partial charge is 0.467 e. The predicted molar refractivity (Wildman–Crippen MR) is 85.3 cm³/mol. The van der Waals surface area contributed by atoms with Gasteiger partial charge in [-0.1, -0.05) is 18.2 Å². The Labute approximate surface area is 145 Å². The smallest absolute Gasteiger partial charge is 0.196 e. The van der Waals surface area contributed by atoms with E-state index in [1.54, 1.807) is 6.07 Å². The second-order valence-electron chi connectivity index (χ2n) is 5.26. The van der Waals surface area contributed by atoms with Crippen LogP contribution in [-0.2, 0) is 9.03 Å². The van der Waals surface area contributed by atoms with Crippen LogP contribution in [-0.4, -0.2) is 56.0 Å². The van der Waals surface area contributed by atoms with E-state index < -0.39 is 35.7 Å². The van der Waals surface area contributed by atoms with Gasteiger partial charge in [0.15, 0.2) is 22.8 Å². The van der Waals surface area contributed by atoms with Crippen molar-refractivity contribution in [3.05, 3.63) is 30.3 Å². The molecule has 126 valence electrons. The summed E-state index contributed by atoms with van der Waals surface area (Å²) in [7, 11) is 0. The molecule has 9 heteroatoms. The lowest BCUT2D eigenvalue weighted by Crippen LogP contribution is -2.64. The lowest BCUT2D eigenvalue weighted by atomic mass is 9.99. The molecule has 7 nitrogen and oxygen atoms in total. The van der Waals surface area contributed by atoms with Crippen LogP contribution in [0.2, 0.25) is 0 Å². The Kier molecular flexibility index (Phi) is 4.84. The van der Waals surface area contributed by atoms with Crippen LogP contribution in [0, 0.1) is 0 Å². The van der Waals surface area contributed by atoms with Crippen LogP contribution in [0.4, 0.5) is 0 Å². The van der Waals surface area contributed by atoms with Crippen LogP contribution in [0.15, 0.2) is 30.3 Å². The third kappa shape index (κ3) is 3.08. The zero-order valence-electron chi connectivity index (χ0n) is 11.7. The van der Waals surface area contributed by atoms with Gasteiger partial charge in [-0.15, -0.1) is 0 Å². The molecule has 2 heterocycles. The van der Waals surface area contributed by atoms with E-state index in [2.05, 4.69) is 25.2 Å². The molecule has 0 bridgehead atoms. The molecule has 1 saturated heterocycles. The fourth-order valence-electron chi connectivity index (χ4n) is 2.56. The fourth-order valence-corrected chi connectivity index (χ4v) is 3.47. The number of benzene rings is 1. The Morgan fingerprint density at radius 1 is 1.35 bits per heavy atom. The van der Waals surface area contributed by atoms with Gasteiger partial charge in [-0.05, 0) is 22.0 Å². The summed E-state index contributed by atoms with van der Waals surface area (Å²) >= 11 is 8.47. The quantitative estimate of drug-likeness (QED) is 0.568. The first-order valence-electron chi connectivity index (χ1n) is 6.84. The summed E-state index contributed by atoms with van der Waals surface area (Å²) in [6.45, 7) is -0.572. The number of hydrogen-bond donors (Lipinski definition) is 4. The number of aromatic amines is 1. The van der Waals surface area contributed by atoms with E-state index in [-0.39, 0.29) is 0 Å². The summed E-state index contributed by atoms with van der Waals surface area (Å²) < 4.78 is 14.0. The number of alkyl halides is 1. The van der Waals surface area contributed by atoms with E-state index in [9.17, 15) is 15.3 Å². The molecule has 1 fully saturated rings. The number of rotatable bonds is 4. The lowest BCUT2D eigenvalue weighted by Gasteiger charge is -2.44. The molecule has 4 N–H and O–H groups in total. The molecule has 1 aliphatic heterocycles. The number of H-pyrrole nitrogens is 1. The van der Waals surface area contributed by atoms with Crippen molar-refractivity contribution in [1.82, 2.24) is 4.98 Å². The standard InChI is InChI=1S/C14H15BrClNO6/c15-14(6-18)12(23-16)10(19)11(13(20)22-14)21-9-5-7-3-1-2-4-8(7)17-9/h1-5,10-13,17-20H,6H2/t10-,11-,12-,13-,14-/m1/s1. The number of nitrogens with one attached hydrogen (secondary N) is 1. The average molecular weight is 409 g/mol. The molecule has 0 amide bonds. The predicted octanol–water partition coefficient (Wildman–Crippen LogP) is 1.25. The van der Waals surface area contributed by atoms with Gasteiger partial charge >= 0.3 is 0 Å². The van der Waals surface area contributed by atoms with Gasteiger partial charge in [-0.25, -0.2) is 0 Å². The first-order chi connectivity index (χ1) is 11.0. The Hall–Kier alpha value is -0.870. The molecule has 23 heavy (non-hydrogen) atoms. The molecule has 1 aromatic carbocycles. The molecule has 1 aliphatic rings. The van der Waals surface area contributed by atoms with Gasteiger partial charge in [0.1, 0.15) is 12.2 Å². The second-order valence-corrected chi connectivity index (χ2v) is 6.78. The summed E-state index contributed by atoms with van der Waals surface area (Å²) in [5, 5.41) is 30.8. The van der Waals surface area contributed by atoms with Crippen LogP contribution in [0.5, 0.6) is 5.88 Å². The molecule has 3 rings (SSSR count). The molecule has 0 aliphatic carbocycles. The van der Waals surface area contributed by atoms with E-state index in [1.807, 2.05) is 24.3 Å². The van der Waals surface area contributed by atoms with Gasteiger partial charge in [0, 0.05) is 17.0 Å². The molecular weight excluding hydrogens is 394 g/mol. The van der Waals surface area contributed by atoms with Gasteiger partial charge in [-0.2, -0.15) is 0 Å². The monoisotopic (exact) mass is 407 g/mol. The zero-order chi connectivity index (χ0) is 16.6. The first kappa shape index (κ1) is 17.0. The van der Waals surface area contributed by atoms with Crippen molar-refractivity contribution in [1.29, 1.82) is 0 Å². The normalized spacial score (nSPS) is 34.7. The van der Waals surface area contributed by atoms with Crippen molar-refractivity contribution in [3.8, 4) is 5.88 Å². The summed E-state index contributed by atoms with van der Waals surface area (Å²) in [6.07, 6.45) is -5.18. The maximum absolute atomic E-state index is 10.4. The SMILES string of the molecule is OC[C@@]1(Br)O[C@@H](O)[C@H](Oc2cc3ccccc3[nH]2)[C@@H](O)[C@H]1OCl. The van der Waals surface area contributed by atoms with Crippen LogP contribution >= 0.6 is 27.8 Å². The highest BCUT2D eigenvalue weighted by Crippen LogP contribution is 2.38. The lowest BCUT2D eigenvalue weighted by molar-refractivity contribution is -0.285. The van der Waals surface area contributed by atoms with Crippen molar-refractivity contribution >= 4 is 38.7 Å². The molecule has 0 unspecified atom stereocenters. The van der Waals surface area contributed by atoms with Crippen molar-refractivity contribution < 1.29 is 29.1 Å². The number of aliphatic hydroxyl groups is 3. The maximum atomic E-state index is 10.4. The Balaban J connectivity index is 1.84. The van der Waals surface area contributed by atoms with Gasteiger partial charge in [-0.3, -0.25) is 4.29 Å². The number of halogens is 2. The number of fused-ring (bicyclic) bond motifs is 1. The van der Waals surface area contributed by atoms with E-state index in [0.29, 0.717) is 5.88 Å². The summed E-state index contributed by atoms with van der Waals surface area (Å²) in [6, 6.07) is 9.24. The number of aliphatic hydroxyl groups excluding tert-OH is 3. The van der Waals surface area contributed by atoms with Gasteiger partial charge in [0.05, 0.1) is 18.5 Å². The van der Waals surface area contributed by atoms with Crippen LogP contribution < -0.4 is 4.74 Å². The number of hydrogen-bond acceptors (Lipinski definition) is 6. The van der Waals surface area contributed by atoms with Crippen molar-refractivity contribution in [2.45, 2.75) is 29.1 Å². The molecular formula is C14H15BrClNO6. The third-order valence-corrected chi connectivity index (χ3v) is 4.83. The number of para-hydroxylation sites is 1. The van der Waals surface area contributed by atoms with Crippen molar-refractivity contribution in [3.63, 3.8) is 0 Å². The molecule has 0 radical (unpaired) electrons. The fraction of sp³-hybridized carbons (Fsp3) is 0.429. The summed E-state index contributed by atoms with van der Waals surface area (Å²) in [5.74, 6) is 0.345. The second kappa shape index (κ2) is 6.56. The molecule has 5 atom stereocenters. The van der Waals surface area contributed by atoms with Crippen molar-refractivity contribution in [2.24, 2.45) is 0 Å². The third-order valence-electron chi connectivity index (χ3n) is 3.75. The highest BCUT2D eigenvalue weighted by Gasteiger charge is 2.55. The summed E-state index contributed by atoms with van der Waals surface area (Å²) in [5.41, 5.74) is 0.846. The topological polar surface area (TPSA) is 104 Å². The minimum Gasteiger partial charge on any atom is -0.467 e. The molecule has 0 saturated carbocycles. The maximum Gasteiger partial charge on any atom is 0.196 e. The minimum absolute atomic E-state index is 0.345. The zero-order valence-corrected chi connectivity index (χ0v) is 14.1. The van der Waals surface area contributed by atoms with Crippen LogP contribution in [0.25, 0.3) is 10.9 Å². The van der Waals surface area contributed by atoms with Crippen molar-refractivity contribution in [2.75, 3.05) is 6.61 Å². The van der Waals surface area contributed by atoms with E-state index in [1.165, 1.54) is 0 Å². The van der Waals surface area contributed by atoms with E-state index >= 15 is 0 Å². The first-order valence-corrected chi connectivity index (χ1v) is 7.94. The van der Waals surface area contributed by atoms with Gasteiger partial charge < -0.3 is 29.8 Å². The number of ether oxygens (including phenoxy) is 2. The van der Waals surface area contributed by atoms with Crippen LogP contribution in [0.3, 0.4) is 0 Å². The summed E-state index contributed by atoms with van der Waals surface area (Å²) in [4.78, 5) is 3.02. The van der Waals surface area contributed by atoms with Gasteiger partial charge in [0.2, 0.25) is 0 Å².